The van der Waals surface area contributed by atoms with E-state index in [1.54, 1.807) is 0 Å². The van der Waals surface area contributed by atoms with E-state index in [4.69, 9.17) is 0 Å². The summed E-state index contributed by atoms with van der Waals surface area (Å²) in [5.74, 6) is 1.27. The molecule has 2 aromatic heterocycles. The predicted octanol–water partition coefficient (Wildman–Crippen LogP) is 3.06. The highest BCUT2D eigenvalue weighted by molar-refractivity contribution is 5.17. The first-order chi connectivity index (χ1) is 12.0. The number of pyridine rings is 1. The van der Waals surface area contributed by atoms with Crippen molar-refractivity contribution in [1.82, 2.24) is 24.6 Å². The summed E-state index contributed by atoms with van der Waals surface area (Å²) >= 11 is 0. The van der Waals surface area contributed by atoms with Gasteiger partial charge in [0.2, 0.25) is 0 Å². The van der Waals surface area contributed by atoms with Crippen LogP contribution in [0.15, 0.2) is 36.9 Å². The molecular weight excluding hydrogens is 310 g/mol. The second-order valence-electron chi connectivity index (χ2n) is 7.92. The van der Waals surface area contributed by atoms with Gasteiger partial charge < -0.3 is 4.90 Å². The van der Waals surface area contributed by atoms with Crippen LogP contribution in [0.25, 0.3) is 0 Å². The second kappa shape index (κ2) is 8.11. The molecule has 0 saturated carbocycles. The maximum absolute atomic E-state index is 4.49. The van der Waals surface area contributed by atoms with E-state index in [2.05, 4.69) is 64.8 Å². The van der Waals surface area contributed by atoms with Crippen molar-refractivity contribution >= 4 is 0 Å². The number of aromatic nitrogens is 3. The normalized spacial score (nSPS) is 21.5. The Labute approximate surface area is 151 Å². The molecule has 0 unspecified atom stereocenters. The molecule has 25 heavy (non-hydrogen) atoms. The molecule has 1 saturated heterocycles. The summed E-state index contributed by atoms with van der Waals surface area (Å²) in [7, 11) is 4.45. The quantitative estimate of drug-likeness (QED) is 0.776. The Bertz CT molecular complexity index is 651. The van der Waals surface area contributed by atoms with E-state index in [0.717, 1.165) is 26.2 Å². The summed E-state index contributed by atoms with van der Waals surface area (Å²) in [6.07, 6.45) is 9.32. The molecule has 2 atom stereocenters. The molecule has 1 fully saturated rings. The van der Waals surface area contributed by atoms with Gasteiger partial charge in [-0.3, -0.25) is 14.6 Å². The van der Waals surface area contributed by atoms with Crippen molar-refractivity contribution < 1.29 is 0 Å². The van der Waals surface area contributed by atoms with Gasteiger partial charge in [0.25, 0.3) is 0 Å². The largest absolute Gasteiger partial charge is 0.302 e. The minimum atomic E-state index is 0.472. The summed E-state index contributed by atoms with van der Waals surface area (Å²) in [5, 5.41) is 4.49. The molecule has 5 nitrogen and oxygen atoms in total. The molecule has 3 heterocycles. The zero-order valence-corrected chi connectivity index (χ0v) is 16.0. The fourth-order valence-corrected chi connectivity index (χ4v) is 4.03. The lowest BCUT2D eigenvalue weighted by atomic mass is 9.94. The Morgan fingerprint density at radius 1 is 1.32 bits per heavy atom. The standard InChI is InChI=1S/C20H31N5/c1-16(2)12-25-14-17(10-22-25)13-23(3)15-19-7-9-24(4)20(19)18-6-5-8-21-11-18/h5-6,8,10-11,14,16,19-20H,7,9,12-13,15H2,1-4H3/t19-,20-/m0/s1. The van der Waals surface area contributed by atoms with Gasteiger partial charge in [-0.1, -0.05) is 19.9 Å². The average molecular weight is 342 g/mol. The SMILES string of the molecule is CC(C)Cn1cc(CN(C)C[C@@H]2CCN(C)[C@H]2c2cccnc2)cn1. The van der Waals surface area contributed by atoms with Crippen LogP contribution in [-0.2, 0) is 13.1 Å². The number of likely N-dealkylation sites (tertiary alicyclic amines) is 1. The maximum atomic E-state index is 4.49. The van der Waals surface area contributed by atoms with Crippen LogP contribution in [0.1, 0.15) is 37.4 Å². The molecule has 0 amide bonds. The highest BCUT2D eigenvalue weighted by Crippen LogP contribution is 2.36. The molecule has 0 spiro atoms. The van der Waals surface area contributed by atoms with Gasteiger partial charge in [-0.25, -0.2) is 0 Å². The van der Waals surface area contributed by atoms with E-state index in [1.165, 1.54) is 17.5 Å². The molecule has 136 valence electrons. The fourth-order valence-electron chi connectivity index (χ4n) is 4.03. The van der Waals surface area contributed by atoms with Crippen LogP contribution in [0, 0.1) is 11.8 Å². The highest BCUT2D eigenvalue weighted by atomic mass is 15.3. The van der Waals surface area contributed by atoms with Gasteiger partial charge in [0.05, 0.1) is 6.20 Å². The summed E-state index contributed by atoms with van der Waals surface area (Å²) < 4.78 is 2.07. The van der Waals surface area contributed by atoms with Crippen molar-refractivity contribution in [2.24, 2.45) is 11.8 Å². The van der Waals surface area contributed by atoms with E-state index in [1.807, 2.05) is 24.7 Å². The zero-order chi connectivity index (χ0) is 17.8. The molecular formula is C20H31N5. The number of nitrogens with zero attached hydrogens (tertiary/aromatic N) is 5. The summed E-state index contributed by atoms with van der Waals surface area (Å²) in [5.41, 5.74) is 2.64. The lowest BCUT2D eigenvalue weighted by Crippen LogP contribution is -2.29. The van der Waals surface area contributed by atoms with Crippen LogP contribution in [-0.4, -0.2) is 51.7 Å². The van der Waals surface area contributed by atoms with Gasteiger partial charge in [0, 0.05) is 49.8 Å². The van der Waals surface area contributed by atoms with Crippen molar-refractivity contribution in [2.45, 2.75) is 39.4 Å². The maximum Gasteiger partial charge on any atom is 0.0534 e. The lowest BCUT2D eigenvalue weighted by molar-refractivity contribution is 0.213. The minimum absolute atomic E-state index is 0.472. The Morgan fingerprint density at radius 2 is 2.16 bits per heavy atom. The van der Waals surface area contributed by atoms with E-state index in [-0.39, 0.29) is 0 Å². The van der Waals surface area contributed by atoms with Crippen LogP contribution in [0.2, 0.25) is 0 Å². The highest BCUT2D eigenvalue weighted by Gasteiger charge is 2.33. The smallest absolute Gasteiger partial charge is 0.0534 e. The summed E-state index contributed by atoms with van der Waals surface area (Å²) in [6.45, 7) is 8.65. The molecule has 0 bridgehead atoms. The molecule has 1 aliphatic rings. The lowest BCUT2D eigenvalue weighted by Gasteiger charge is -2.28. The van der Waals surface area contributed by atoms with Crippen LogP contribution in [0.4, 0.5) is 0 Å². The van der Waals surface area contributed by atoms with Crippen LogP contribution < -0.4 is 0 Å². The third-order valence-electron chi connectivity index (χ3n) is 5.04. The molecule has 0 aliphatic carbocycles. The molecule has 2 aromatic rings. The van der Waals surface area contributed by atoms with E-state index in [9.17, 15) is 0 Å². The molecule has 3 rings (SSSR count). The van der Waals surface area contributed by atoms with Crippen molar-refractivity contribution in [3.8, 4) is 0 Å². The monoisotopic (exact) mass is 341 g/mol. The topological polar surface area (TPSA) is 37.2 Å². The first kappa shape index (κ1) is 18.1. The third kappa shape index (κ3) is 4.67. The van der Waals surface area contributed by atoms with Crippen LogP contribution in [0.5, 0.6) is 0 Å². The molecule has 0 N–H and O–H groups in total. The minimum Gasteiger partial charge on any atom is -0.302 e. The van der Waals surface area contributed by atoms with Gasteiger partial charge in [-0.05, 0) is 50.5 Å². The van der Waals surface area contributed by atoms with Gasteiger partial charge in [0.15, 0.2) is 0 Å². The van der Waals surface area contributed by atoms with Gasteiger partial charge in [-0.2, -0.15) is 5.10 Å². The Balaban J connectivity index is 1.60. The first-order valence-corrected chi connectivity index (χ1v) is 9.33. The van der Waals surface area contributed by atoms with E-state index < -0.39 is 0 Å². The Kier molecular flexibility index (Phi) is 5.86. The van der Waals surface area contributed by atoms with Gasteiger partial charge in [0.1, 0.15) is 0 Å². The Morgan fingerprint density at radius 3 is 2.88 bits per heavy atom. The number of rotatable bonds is 7. The summed E-state index contributed by atoms with van der Waals surface area (Å²) in [4.78, 5) is 9.22. The second-order valence-corrected chi connectivity index (χ2v) is 7.92. The van der Waals surface area contributed by atoms with Crippen LogP contribution in [0.3, 0.4) is 0 Å². The fraction of sp³-hybridized carbons (Fsp3) is 0.600. The van der Waals surface area contributed by atoms with Crippen molar-refractivity contribution in [3.05, 3.63) is 48.0 Å². The van der Waals surface area contributed by atoms with E-state index in [0.29, 0.717) is 17.9 Å². The number of hydrogen-bond acceptors (Lipinski definition) is 4. The van der Waals surface area contributed by atoms with E-state index >= 15 is 0 Å². The molecule has 0 aromatic carbocycles. The van der Waals surface area contributed by atoms with Crippen molar-refractivity contribution in [1.29, 1.82) is 0 Å². The number of hydrogen-bond donors (Lipinski definition) is 0. The Hall–Kier alpha value is -1.72. The molecule has 0 radical (unpaired) electrons. The molecule has 1 aliphatic heterocycles. The first-order valence-electron chi connectivity index (χ1n) is 9.33. The predicted molar refractivity (Wildman–Crippen MR) is 101 cm³/mol. The summed E-state index contributed by atoms with van der Waals surface area (Å²) in [6, 6.07) is 4.73. The van der Waals surface area contributed by atoms with Crippen molar-refractivity contribution in [3.63, 3.8) is 0 Å². The van der Waals surface area contributed by atoms with Crippen LogP contribution >= 0.6 is 0 Å². The zero-order valence-electron chi connectivity index (χ0n) is 16.0. The van der Waals surface area contributed by atoms with Gasteiger partial charge in [-0.15, -0.1) is 0 Å². The van der Waals surface area contributed by atoms with Crippen molar-refractivity contribution in [2.75, 3.05) is 27.2 Å². The van der Waals surface area contributed by atoms with Gasteiger partial charge >= 0.3 is 0 Å². The third-order valence-corrected chi connectivity index (χ3v) is 5.04. The molecule has 5 heteroatoms. The average Bonchev–Trinajstić information content (AvgIpc) is 3.14.